The zero-order valence-corrected chi connectivity index (χ0v) is 22.6. The molecular weight excluding hydrogens is 718 g/mol. The molecule has 152 valence electrons. The Morgan fingerprint density at radius 1 is 0.821 bits per heavy atom. The molecule has 0 aliphatic rings. The number of benzene rings is 2. The van der Waals surface area contributed by atoms with Crippen LogP contribution in [-0.4, -0.2) is 22.2 Å². The number of alkyl halides is 6. The second-order valence-corrected chi connectivity index (χ2v) is 15.3. The maximum absolute atomic E-state index is 10.7. The number of rotatable bonds is 2. The average molecular weight is 726 g/mol. The van der Waals surface area contributed by atoms with Gasteiger partial charge in [0.1, 0.15) is 0 Å². The summed E-state index contributed by atoms with van der Waals surface area (Å²) in [4.78, 5) is 21.3. The zero-order chi connectivity index (χ0) is 21.9. The van der Waals surface area contributed by atoms with E-state index in [1.54, 1.807) is 18.2 Å². The third-order valence-electron chi connectivity index (χ3n) is 3.05. The molecule has 0 bridgehead atoms. The molecule has 0 spiro atoms. The van der Waals surface area contributed by atoms with Crippen LogP contribution in [0.1, 0.15) is 31.8 Å². The fourth-order valence-electron chi connectivity index (χ4n) is 1.73. The second-order valence-electron chi connectivity index (χ2n) is 5.00. The first kappa shape index (κ1) is 26.5. The van der Waals surface area contributed by atoms with Gasteiger partial charge in [-0.25, -0.2) is 9.59 Å². The molecule has 12 heteroatoms. The van der Waals surface area contributed by atoms with Crippen molar-refractivity contribution in [1.29, 1.82) is 0 Å². The van der Waals surface area contributed by atoms with Crippen LogP contribution in [0.15, 0.2) is 40.9 Å². The smallest absolute Gasteiger partial charge is 0.337 e. The van der Waals surface area contributed by atoms with Gasteiger partial charge in [0.25, 0.3) is 0 Å². The zero-order valence-electron chi connectivity index (χ0n) is 13.2. The minimum Gasteiger partial charge on any atom is -0.478 e. The molecule has 2 aromatic carbocycles. The second kappa shape index (κ2) is 10.7. The highest BCUT2D eigenvalue weighted by Crippen LogP contribution is 2.45. The first-order chi connectivity index (χ1) is 12.6. The van der Waals surface area contributed by atoms with E-state index >= 15 is 0 Å². The molecule has 0 saturated carbocycles. The molecule has 28 heavy (non-hydrogen) atoms. The Bertz CT molecular complexity index is 822. The molecule has 0 heterocycles. The number of carbonyl (C=O) groups is 2. The van der Waals surface area contributed by atoms with Gasteiger partial charge in [0.05, 0.1) is 16.1 Å². The van der Waals surface area contributed by atoms with Crippen LogP contribution >= 0.6 is 110 Å². The summed E-state index contributed by atoms with van der Waals surface area (Å²) >= 11 is 35.7. The van der Waals surface area contributed by atoms with Gasteiger partial charge in [-0.1, -0.05) is 106 Å². The molecule has 2 rings (SSSR count). The monoisotopic (exact) mass is 720 g/mol. The van der Waals surface area contributed by atoms with E-state index in [9.17, 15) is 9.59 Å². The predicted molar refractivity (Wildman–Crippen MR) is 127 cm³/mol. The molecule has 0 unspecified atom stereocenters. The first-order valence-corrected chi connectivity index (χ1v) is 11.5. The van der Waals surface area contributed by atoms with Crippen molar-refractivity contribution in [3.8, 4) is 0 Å². The average Bonchev–Trinajstić information content (AvgIpc) is 2.52. The number of hydrogen-bond donors (Lipinski definition) is 2. The van der Waals surface area contributed by atoms with Crippen LogP contribution in [0.4, 0.5) is 0 Å². The summed E-state index contributed by atoms with van der Waals surface area (Å²) in [6, 6.07) is 9.00. The van der Waals surface area contributed by atoms with E-state index < -0.39 is 17.9 Å². The predicted octanol–water partition coefficient (Wildman–Crippen LogP) is 8.31. The summed E-state index contributed by atoms with van der Waals surface area (Å²) < 4.78 is -1.57. The Morgan fingerprint density at radius 3 is 1.64 bits per heavy atom. The van der Waals surface area contributed by atoms with E-state index in [-0.39, 0.29) is 16.1 Å². The Labute approximate surface area is 214 Å². The van der Waals surface area contributed by atoms with Crippen LogP contribution in [0, 0.1) is 0 Å². The Kier molecular flexibility index (Phi) is 10.1. The number of hydrogen-bond acceptors (Lipinski definition) is 2. The largest absolute Gasteiger partial charge is 0.478 e. The lowest BCUT2D eigenvalue weighted by Gasteiger charge is -2.13. The normalized spacial score (nSPS) is 11.4. The lowest BCUT2D eigenvalue weighted by atomic mass is 10.1. The van der Waals surface area contributed by atoms with Crippen molar-refractivity contribution < 1.29 is 19.8 Å². The summed E-state index contributed by atoms with van der Waals surface area (Å²) in [5, 5.41) is 17.5. The highest BCUT2D eigenvalue weighted by molar-refractivity contribution is 9.38. The lowest BCUT2D eigenvalue weighted by molar-refractivity contribution is 0.0685. The molecular formula is C16H8Br4Cl4O4. The van der Waals surface area contributed by atoms with E-state index in [0.717, 1.165) is 5.56 Å². The van der Waals surface area contributed by atoms with Gasteiger partial charge in [0, 0.05) is 10.0 Å². The summed E-state index contributed by atoms with van der Waals surface area (Å²) in [7, 11) is 0. The lowest BCUT2D eigenvalue weighted by Crippen LogP contribution is -2.03. The first-order valence-electron chi connectivity index (χ1n) is 6.84. The van der Waals surface area contributed by atoms with Crippen LogP contribution in [0.3, 0.4) is 0 Å². The van der Waals surface area contributed by atoms with E-state index in [4.69, 9.17) is 56.6 Å². The highest BCUT2D eigenvalue weighted by atomic mass is 80.0. The summed E-state index contributed by atoms with van der Waals surface area (Å²) in [6.07, 6.45) is 0. The van der Waals surface area contributed by atoms with Crippen molar-refractivity contribution >= 4 is 122 Å². The molecule has 0 atom stereocenters. The van der Waals surface area contributed by atoms with Gasteiger partial charge in [-0.3, -0.25) is 0 Å². The van der Waals surface area contributed by atoms with Crippen molar-refractivity contribution in [3.05, 3.63) is 68.1 Å². The fraction of sp³-hybridized carbons (Fsp3) is 0.125. The number of carboxylic acids is 2. The number of halogens is 8. The van der Waals surface area contributed by atoms with Crippen molar-refractivity contribution in [3.63, 3.8) is 0 Å². The van der Waals surface area contributed by atoms with Gasteiger partial charge in [0.15, 0.2) is 2.14 Å². The standard InChI is InChI=1S/C8H4Br4O2.C8H4Cl4O2/c2*9-6-3-4(8(10,11)12)1-2-5(6)7(13)14/h2*1-3H,(H,13,14). The van der Waals surface area contributed by atoms with E-state index in [1.165, 1.54) is 18.2 Å². The molecule has 0 saturated heterocycles. The maximum atomic E-state index is 10.7. The quantitative estimate of drug-likeness (QED) is 0.306. The van der Waals surface area contributed by atoms with Crippen molar-refractivity contribution in [2.75, 3.05) is 0 Å². The topological polar surface area (TPSA) is 74.6 Å². The highest BCUT2D eigenvalue weighted by Gasteiger charge is 2.24. The molecule has 0 aliphatic carbocycles. The molecule has 2 aromatic rings. The Morgan fingerprint density at radius 2 is 1.29 bits per heavy atom. The fourth-order valence-corrected chi connectivity index (χ4v) is 3.63. The van der Waals surface area contributed by atoms with Gasteiger partial charge in [-0.15, -0.1) is 0 Å². The van der Waals surface area contributed by atoms with Crippen LogP contribution < -0.4 is 0 Å². The van der Waals surface area contributed by atoms with Crippen LogP contribution in [0.2, 0.25) is 5.02 Å². The molecule has 2 N–H and O–H groups in total. The minimum absolute atomic E-state index is 0.0235. The number of carboxylic acid groups (broad SMARTS) is 2. The van der Waals surface area contributed by atoms with E-state index in [2.05, 4.69) is 63.7 Å². The van der Waals surface area contributed by atoms with E-state index in [0.29, 0.717) is 10.0 Å². The van der Waals surface area contributed by atoms with Crippen LogP contribution in [0.5, 0.6) is 0 Å². The summed E-state index contributed by atoms with van der Waals surface area (Å²) in [5.74, 6) is -2.07. The number of aromatic carboxylic acids is 2. The van der Waals surface area contributed by atoms with Gasteiger partial charge in [0.2, 0.25) is 3.79 Å². The molecule has 4 nitrogen and oxygen atoms in total. The SMILES string of the molecule is O=C(O)c1ccc(C(Br)(Br)Br)cc1Br.O=C(O)c1ccc(C(Cl)(Cl)Cl)cc1Cl. The van der Waals surface area contributed by atoms with Gasteiger partial charge in [-0.05, 0) is 45.8 Å². The van der Waals surface area contributed by atoms with Crippen molar-refractivity contribution in [1.82, 2.24) is 0 Å². The van der Waals surface area contributed by atoms with Gasteiger partial charge in [-0.2, -0.15) is 0 Å². The molecule has 0 aromatic heterocycles. The maximum Gasteiger partial charge on any atom is 0.337 e. The Balaban J connectivity index is 0.000000280. The third kappa shape index (κ3) is 7.95. The van der Waals surface area contributed by atoms with E-state index in [1.807, 2.05) is 0 Å². The molecule has 0 radical (unpaired) electrons. The van der Waals surface area contributed by atoms with Crippen LogP contribution in [0.25, 0.3) is 0 Å². The summed E-state index contributed by atoms with van der Waals surface area (Å²) in [5.41, 5.74) is 1.42. The minimum atomic E-state index is -1.60. The Hall–Kier alpha value is 0.460. The van der Waals surface area contributed by atoms with Crippen LogP contribution in [-0.2, 0) is 5.94 Å². The van der Waals surface area contributed by atoms with Gasteiger partial charge < -0.3 is 10.2 Å². The van der Waals surface area contributed by atoms with Crippen molar-refractivity contribution in [2.45, 2.75) is 5.94 Å². The molecule has 0 fully saturated rings. The van der Waals surface area contributed by atoms with Crippen molar-refractivity contribution in [2.24, 2.45) is 0 Å². The van der Waals surface area contributed by atoms with Gasteiger partial charge >= 0.3 is 11.9 Å². The summed E-state index contributed by atoms with van der Waals surface area (Å²) in [6.45, 7) is 0. The third-order valence-corrected chi connectivity index (χ3v) is 6.05. The molecule has 0 aliphatic heterocycles. The molecule has 0 amide bonds.